The van der Waals surface area contributed by atoms with Crippen molar-refractivity contribution in [1.82, 2.24) is 10.2 Å². The van der Waals surface area contributed by atoms with E-state index in [9.17, 15) is 9.18 Å². The molecule has 2 rings (SSSR count). The first kappa shape index (κ1) is 14.1. The summed E-state index contributed by atoms with van der Waals surface area (Å²) in [6.45, 7) is 0. The normalized spacial score (nSPS) is 12.6. The van der Waals surface area contributed by atoms with Crippen LogP contribution in [0.1, 0.15) is 5.69 Å². The van der Waals surface area contributed by atoms with Crippen LogP contribution in [0.15, 0.2) is 6.07 Å². The number of methoxy groups -OCH3 is 1. The van der Waals surface area contributed by atoms with E-state index in [1.807, 2.05) is 0 Å². The van der Waals surface area contributed by atoms with E-state index in [4.69, 9.17) is 15.6 Å². The van der Waals surface area contributed by atoms with Gasteiger partial charge in [-0.2, -0.15) is 0 Å². The molecule has 0 amide bonds. The number of nitrogens with zero attached hydrogens (tertiary/aromatic N) is 1. The number of aromatic nitrogens is 2. The van der Waals surface area contributed by atoms with Crippen molar-refractivity contribution in [3.8, 4) is 5.75 Å². The van der Waals surface area contributed by atoms with Crippen LogP contribution in [0.25, 0.3) is 10.9 Å². The van der Waals surface area contributed by atoms with Crippen LogP contribution in [-0.2, 0) is 11.2 Å². The van der Waals surface area contributed by atoms with E-state index in [0.29, 0.717) is 19.9 Å². The van der Waals surface area contributed by atoms with Gasteiger partial charge in [0.25, 0.3) is 0 Å². The topological polar surface area (TPSA) is 101 Å². The Morgan fingerprint density at radius 3 is 3.00 bits per heavy atom. The molecule has 0 aliphatic heterocycles. The van der Waals surface area contributed by atoms with Gasteiger partial charge < -0.3 is 0 Å². The van der Waals surface area contributed by atoms with Crippen LogP contribution in [0.2, 0.25) is 0 Å². The minimum atomic E-state index is -1.11. The number of hydrogen-bond acceptors (Lipinski definition) is 4. The van der Waals surface area contributed by atoms with Crippen LogP contribution in [0, 0.1) is 30.5 Å². The third-order valence-corrected chi connectivity index (χ3v) is 4.11. The molecule has 0 saturated heterocycles. The average molecular weight is 462 g/mol. The number of nitrogens with two attached hydrogens (primary N) is 1. The fourth-order valence-electron chi connectivity index (χ4n) is 1.75. The molecule has 8 heteroatoms. The van der Waals surface area contributed by atoms with Crippen molar-refractivity contribution < 1.29 is 43.7 Å². The molecule has 4 N–H and O–H groups in total. The number of rotatable bonds is 4. The number of ether oxygens (including phenoxy) is 1. The quantitative estimate of drug-likeness (QED) is 0.587. The standard InChI is InChI=1S/C11H11AtFN3O3/c1-19-7-3-6-8(9(12)10(7)13)5(15-16-6)2-4(14)11(17)18/h3-4H,2,14H2,1H3,(H,15,16)(H,17,18). The molecular formula is C11H11AtFN3O3. The Kier molecular flexibility index (Phi) is 4.01. The van der Waals surface area contributed by atoms with E-state index >= 15 is 0 Å². The number of halogens is 1. The fourth-order valence-corrected chi connectivity index (χ4v) is 2.93. The molecule has 0 aliphatic carbocycles. The second-order valence-electron chi connectivity index (χ2n) is 3.95. The first-order valence-electron chi connectivity index (χ1n) is 5.33. The number of fused-ring (bicyclic) bond motifs is 1. The molecule has 0 spiro atoms. The molecule has 0 fully saturated rings. The number of aliphatic carboxylic acids is 1. The predicted octanol–water partition coefficient (Wildman–Crippen LogP) is -0.160. The molecule has 0 aliphatic rings. The molecule has 1 aromatic heterocycles. The summed E-state index contributed by atoms with van der Waals surface area (Å²) in [6.07, 6.45) is 0.0629. The van der Waals surface area contributed by atoms with Gasteiger partial charge in [-0.15, -0.1) is 0 Å². The van der Waals surface area contributed by atoms with E-state index in [-0.39, 0.29) is 12.2 Å². The maximum atomic E-state index is 14.0. The Hall–Kier alpha value is -1.27. The molecule has 19 heavy (non-hydrogen) atoms. The van der Waals surface area contributed by atoms with Gasteiger partial charge in [0, 0.05) is 0 Å². The van der Waals surface area contributed by atoms with Gasteiger partial charge in [-0.3, -0.25) is 0 Å². The van der Waals surface area contributed by atoms with Crippen molar-refractivity contribution >= 4 is 20.1 Å². The van der Waals surface area contributed by atoms with Gasteiger partial charge in [-0.1, -0.05) is 0 Å². The van der Waals surface area contributed by atoms with E-state index in [1.54, 1.807) is 0 Å². The fraction of sp³-hybridized carbons (Fsp3) is 0.273. The first-order chi connectivity index (χ1) is 8.95. The van der Waals surface area contributed by atoms with Gasteiger partial charge in [0.05, 0.1) is 0 Å². The molecule has 1 heterocycles. The number of aromatic amines is 1. The van der Waals surface area contributed by atoms with Crippen LogP contribution in [0.4, 0.5) is 4.39 Å². The van der Waals surface area contributed by atoms with Crippen molar-refractivity contribution in [3.63, 3.8) is 0 Å². The number of nitrogens with one attached hydrogen (secondary N) is 1. The van der Waals surface area contributed by atoms with Crippen molar-refractivity contribution in [2.45, 2.75) is 12.5 Å². The monoisotopic (exact) mass is 462 g/mol. The number of carboxylic acid groups (broad SMARTS) is 1. The Morgan fingerprint density at radius 2 is 2.42 bits per heavy atom. The van der Waals surface area contributed by atoms with E-state index in [0.717, 1.165) is 24.7 Å². The van der Waals surface area contributed by atoms with Crippen molar-refractivity contribution in [3.05, 3.63) is 17.6 Å². The summed E-state index contributed by atoms with van der Waals surface area (Å²) in [5.74, 6) is -1.46. The number of benzene rings is 1. The van der Waals surface area contributed by atoms with Gasteiger partial charge in [0.2, 0.25) is 0 Å². The summed E-state index contributed by atoms with van der Waals surface area (Å²) in [5, 5.41) is 16.1. The molecule has 0 bridgehead atoms. The first-order valence-corrected chi connectivity index (χ1v) is 6.80. The molecule has 6 nitrogen and oxygen atoms in total. The van der Waals surface area contributed by atoms with Crippen LogP contribution in [0.5, 0.6) is 5.75 Å². The van der Waals surface area contributed by atoms with Gasteiger partial charge in [-0.25, -0.2) is 0 Å². The number of carbonyl (C=O) groups is 1. The second kappa shape index (κ2) is 5.39. The second-order valence-corrected chi connectivity index (χ2v) is 5.42. The van der Waals surface area contributed by atoms with Gasteiger partial charge in [0.15, 0.2) is 0 Å². The van der Waals surface area contributed by atoms with Gasteiger partial charge in [0.1, 0.15) is 0 Å². The molecule has 2 aromatic rings. The summed E-state index contributed by atoms with van der Waals surface area (Å²) >= 11 is 1.13. The van der Waals surface area contributed by atoms with Crippen molar-refractivity contribution in [2.75, 3.05) is 7.11 Å². The van der Waals surface area contributed by atoms with Gasteiger partial charge >= 0.3 is 123 Å². The zero-order valence-electron chi connectivity index (χ0n) is 9.91. The number of hydrogen-bond donors (Lipinski definition) is 3. The van der Waals surface area contributed by atoms with Crippen molar-refractivity contribution in [2.24, 2.45) is 5.73 Å². The van der Waals surface area contributed by atoms with Crippen LogP contribution >= 0.6 is 0 Å². The van der Waals surface area contributed by atoms with Crippen LogP contribution in [-0.4, -0.2) is 34.4 Å². The van der Waals surface area contributed by atoms with Crippen LogP contribution < -0.4 is 13.7 Å². The summed E-state index contributed by atoms with van der Waals surface area (Å²) < 4.78 is 19.3. The zero-order chi connectivity index (χ0) is 14.2. The number of carboxylic acids is 1. The summed E-state index contributed by atoms with van der Waals surface area (Å²) in [7, 11) is 1.38. The Morgan fingerprint density at radius 1 is 1.74 bits per heavy atom. The molecule has 0 saturated carbocycles. The SMILES string of the molecule is COc1cc2n[nH]c(CC(N)C(=O)O)c2c([At])c1F. The van der Waals surface area contributed by atoms with Gasteiger partial charge in [-0.05, 0) is 0 Å². The predicted molar refractivity (Wildman–Crippen MR) is 61.6 cm³/mol. The molecule has 102 valence electrons. The Balaban J connectivity index is 2.54. The molecule has 1 atom stereocenters. The third kappa shape index (κ3) is 2.55. The van der Waals surface area contributed by atoms with Crippen molar-refractivity contribution in [1.29, 1.82) is 0 Å². The Labute approximate surface area is 123 Å². The summed E-state index contributed by atoms with van der Waals surface area (Å²) in [4.78, 5) is 10.8. The molecule has 1 aromatic carbocycles. The average Bonchev–Trinajstić information content (AvgIpc) is 2.76. The third-order valence-electron chi connectivity index (χ3n) is 2.73. The number of H-pyrrole nitrogens is 1. The maximum absolute atomic E-state index is 14.0. The Bertz CT molecular complexity index is 644. The van der Waals surface area contributed by atoms with E-state index in [2.05, 4.69) is 10.2 Å². The molecule has 1 unspecified atom stereocenters. The summed E-state index contributed by atoms with van der Waals surface area (Å²) in [5.41, 5.74) is 6.53. The molecular weight excluding hydrogens is 451 g/mol. The zero-order valence-corrected chi connectivity index (χ0v) is 12.8. The minimum absolute atomic E-state index is 0.0629. The van der Waals surface area contributed by atoms with E-state index < -0.39 is 17.8 Å². The van der Waals surface area contributed by atoms with E-state index in [1.165, 1.54) is 13.2 Å². The van der Waals surface area contributed by atoms with Crippen LogP contribution in [0.3, 0.4) is 0 Å². The molecule has 0 radical (unpaired) electrons. The summed E-state index contributed by atoms with van der Waals surface area (Å²) in [6, 6.07) is 0.415.